The maximum absolute atomic E-state index is 11.6. The van der Waals surface area contributed by atoms with Gasteiger partial charge < -0.3 is 10.6 Å². The van der Waals surface area contributed by atoms with E-state index in [4.69, 9.17) is 0 Å². The van der Waals surface area contributed by atoms with E-state index in [1.165, 1.54) is 6.08 Å². The van der Waals surface area contributed by atoms with Gasteiger partial charge in [-0.3, -0.25) is 14.4 Å². The molecule has 0 radical (unpaired) electrons. The van der Waals surface area contributed by atoms with Crippen LogP contribution < -0.4 is 10.6 Å². The Morgan fingerprint density at radius 2 is 1.72 bits per heavy atom. The largest absolute Gasteiger partial charge is 0.351 e. The monoisotopic (exact) mass is 246 g/mol. The van der Waals surface area contributed by atoms with Gasteiger partial charge in [0.25, 0.3) is 5.91 Å². The van der Waals surface area contributed by atoms with Crippen LogP contribution in [-0.4, -0.2) is 31.2 Å². The lowest BCUT2D eigenvalue weighted by atomic mass is 10.1. The number of aldehydes is 1. The van der Waals surface area contributed by atoms with Crippen LogP contribution in [0.2, 0.25) is 0 Å². The van der Waals surface area contributed by atoms with Crippen LogP contribution in [-0.2, 0) is 4.79 Å². The number of amides is 2. The molecule has 0 heterocycles. The van der Waals surface area contributed by atoms with Gasteiger partial charge in [0.15, 0.2) is 0 Å². The quantitative estimate of drug-likeness (QED) is 0.437. The lowest BCUT2D eigenvalue weighted by Gasteiger charge is -2.05. The summed E-state index contributed by atoms with van der Waals surface area (Å²) < 4.78 is 0. The molecule has 0 aliphatic carbocycles. The number of nitrogens with one attached hydrogen (secondary N) is 2. The van der Waals surface area contributed by atoms with Crippen molar-refractivity contribution in [2.45, 2.75) is 0 Å². The molecule has 0 saturated carbocycles. The lowest BCUT2D eigenvalue weighted by Crippen LogP contribution is -2.33. The van der Waals surface area contributed by atoms with Crippen molar-refractivity contribution in [1.29, 1.82) is 0 Å². The predicted octanol–water partition coefficient (Wildman–Crippen LogP) is 0.531. The topological polar surface area (TPSA) is 75.3 Å². The Morgan fingerprint density at radius 3 is 2.28 bits per heavy atom. The Morgan fingerprint density at radius 1 is 1.11 bits per heavy atom. The molecule has 0 aliphatic rings. The number of benzene rings is 1. The predicted molar refractivity (Wildman–Crippen MR) is 67.4 cm³/mol. The summed E-state index contributed by atoms with van der Waals surface area (Å²) in [6.07, 6.45) is 1.88. The SMILES string of the molecule is C=CC(=O)NCCNC(=O)c1ccc(C=O)cc1. The maximum atomic E-state index is 11.6. The molecular weight excluding hydrogens is 232 g/mol. The first kappa shape index (κ1) is 13.6. The molecule has 5 heteroatoms. The molecule has 2 amide bonds. The van der Waals surface area contributed by atoms with Crippen LogP contribution >= 0.6 is 0 Å². The summed E-state index contributed by atoms with van der Waals surface area (Å²) in [6.45, 7) is 3.97. The first-order valence-corrected chi connectivity index (χ1v) is 5.41. The second-order valence-electron chi connectivity index (χ2n) is 3.49. The molecule has 0 bridgehead atoms. The molecular formula is C13H14N2O3. The summed E-state index contributed by atoms with van der Waals surface area (Å²) in [6, 6.07) is 6.28. The standard InChI is InChI=1S/C13H14N2O3/c1-2-12(17)14-7-8-15-13(18)11-5-3-10(9-16)4-6-11/h2-6,9H,1,7-8H2,(H,14,17)(H,15,18). The number of carbonyl (C=O) groups is 3. The Bertz CT molecular complexity index is 452. The molecule has 1 aromatic carbocycles. The van der Waals surface area contributed by atoms with Gasteiger partial charge in [-0.2, -0.15) is 0 Å². The zero-order valence-corrected chi connectivity index (χ0v) is 9.81. The molecule has 0 aromatic heterocycles. The van der Waals surface area contributed by atoms with Crippen molar-refractivity contribution >= 4 is 18.1 Å². The van der Waals surface area contributed by atoms with Gasteiger partial charge in [0, 0.05) is 24.2 Å². The number of hydrogen-bond donors (Lipinski definition) is 2. The lowest BCUT2D eigenvalue weighted by molar-refractivity contribution is -0.116. The first-order chi connectivity index (χ1) is 8.67. The molecule has 0 fully saturated rings. The molecule has 2 N–H and O–H groups in total. The summed E-state index contributed by atoms with van der Waals surface area (Å²) in [4.78, 5) is 32.9. The average molecular weight is 246 g/mol. The van der Waals surface area contributed by atoms with E-state index in [1.807, 2.05) is 0 Å². The van der Waals surface area contributed by atoms with Gasteiger partial charge in [0.2, 0.25) is 5.91 Å². The summed E-state index contributed by atoms with van der Waals surface area (Å²) in [5, 5.41) is 5.18. The van der Waals surface area contributed by atoms with Crippen LogP contribution in [0, 0.1) is 0 Å². The van der Waals surface area contributed by atoms with Gasteiger partial charge in [-0.1, -0.05) is 18.7 Å². The van der Waals surface area contributed by atoms with Crippen LogP contribution in [0.4, 0.5) is 0 Å². The third-order valence-corrected chi connectivity index (χ3v) is 2.20. The minimum atomic E-state index is -0.278. The van der Waals surface area contributed by atoms with E-state index in [0.717, 1.165) is 0 Å². The van der Waals surface area contributed by atoms with Crippen molar-refractivity contribution < 1.29 is 14.4 Å². The van der Waals surface area contributed by atoms with Gasteiger partial charge in [0.05, 0.1) is 0 Å². The highest BCUT2D eigenvalue weighted by Gasteiger charge is 2.04. The van der Waals surface area contributed by atoms with Gasteiger partial charge >= 0.3 is 0 Å². The van der Waals surface area contributed by atoms with E-state index in [0.29, 0.717) is 30.5 Å². The highest BCUT2D eigenvalue weighted by Crippen LogP contribution is 2.01. The molecule has 18 heavy (non-hydrogen) atoms. The minimum Gasteiger partial charge on any atom is -0.351 e. The third-order valence-electron chi connectivity index (χ3n) is 2.20. The molecule has 0 atom stereocenters. The van der Waals surface area contributed by atoms with Crippen LogP contribution in [0.25, 0.3) is 0 Å². The minimum absolute atomic E-state index is 0.250. The summed E-state index contributed by atoms with van der Waals surface area (Å²) in [5.74, 6) is -0.528. The molecule has 0 unspecified atom stereocenters. The second-order valence-corrected chi connectivity index (χ2v) is 3.49. The molecule has 1 rings (SSSR count). The van der Waals surface area contributed by atoms with E-state index >= 15 is 0 Å². The van der Waals surface area contributed by atoms with Crippen molar-refractivity contribution in [1.82, 2.24) is 10.6 Å². The molecule has 0 saturated heterocycles. The highest BCUT2D eigenvalue weighted by molar-refractivity contribution is 5.94. The highest BCUT2D eigenvalue weighted by atomic mass is 16.2. The Labute approximate surface area is 105 Å². The fraction of sp³-hybridized carbons (Fsp3) is 0.154. The number of carbonyl (C=O) groups excluding carboxylic acids is 3. The van der Waals surface area contributed by atoms with E-state index in [1.54, 1.807) is 24.3 Å². The molecule has 94 valence electrons. The van der Waals surface area contributed by atoms with Crippen molar-refractivity contribution in [2.24, 2.45) is 0 Å². The number of rotatable bonds is 6. The normalized spacial score (nSPS) is 9.33. The second kappa shape index (κ2) is 7.01. The fourth-order valence-electron chi connectivity index (χ4n) is 1.25. The van der Waals surface area contributed by atoms with E-state index in [2.05, 4.69) is 17.2 Å². The summed E-state index contributed by atoms with van der Waals surface area (Å²) in [5.41, 5.74) is 0.987. The van der Waals surface area contributed by atoms with Crippen LogP contribution in [0.5, 0.6) is 0 Å². The van der Waals surface area contributed by atoms with Gasteiger partial charge in [-0.25, -0.2) is 0 Å². The van der Waals surface area contributed by atoms with Crippen LogP contribution in [0.15, 0.2) is 36.9 Å². The Kier molecular flexibility index (Phi) is 5.31. The average Bonchev–Trinajstić information content (AvgIpc) is 2.43. The van der Waals surface area contributed by atoms with Crippen molar-refractivity contribution in [3.05, 3.63) is 48.0 Å². The van der Waals surface area contributed by atoms with E-state index in [-0.39, 0.29) is 11.8 Å². The third kappa shape index (κ3) is 4.21. The summed E-state index contributed by atoms with van der Waals surface area (Å²) >= 11 is 0. The zero-order chi connectivity index (χ0) is 13.4. The van der Waals surface area contributed by atoms with Gasteiger partial charge in [-0.15, -0.1) is 0 Å². The first-order valence-electron chi connectivity index (χ1n) is 5.41. The molecule has 5 nitrogen and oxygen atoms in total. The van der Waals surface area contributed by atoms with Gasteiger partial charge in [-0.05, 0) is 18.2 Å². The van der Waals surface area contributed by atoms with E-state index in [9.17, 15) is 14.4 Å². The molecule has 0 aliphatic heterocycles. The Balaban J connectivity index is 2.38. The van der Waals surface area contributed by atoms with E-state index < -0.39 is 0 Å². The Hall–Kier alpha value is -2.43. The molecule has 1 aromatic rings. The maximum Gasteiger partial charge on any atom is 0.251 e. The summed E-state index contributed by atoms with van der Waals surface area (Å²) in [7, 11) is 0. The van der Waals surface area contributed by atoms with Crippen LogP contribution in [0.1, 0.15) is 20.7 Å². The smallest absolute Gasteiger partial charge is 0.251 e. The number of hydrogen-bond acceptors (Lipinski definition) is 3. The van der Waals surface area contributed by atoms with Crippen molar-refractivity contribution in [2.75, 3.05) is 13.1 Å². The zero-order valence-electron chi connectivity index (χ0n) is 9.81. The fourth-order valence-corrected chi connectivity index (χ4v) is 1.25. The van der Waals surface area contributed by atoms with Crippen LogP contribution in [0.3, 0.4) is 0 Å². The van der Waals surface area contributed by atoms with Crippen molar-refractivity contribution in [3.63, 3.8) is 0 Å². The van der Waals surface area contributed by atoms with Gasteiger partial charge in [0.1, 0.15) is 6.29 Å². The van der Waals surface area contributed by atoms with Crippen molar-refractivity contribution in [3.8, 4) is 0 Å². The molecule has 0 spiro atoms.